The fraction of sp³-hybridized carbons (Fsp3) is 0.412. The summed E-state index contributed by atoms with van der Waals surface area (Å²) in [4.78, 5) is 11.0. The van der Waals surface area contributed by atoms with Crippen LogP contribution in [0.5, 0.6) is 0 Å². The molecule has 2 rings (SSSR count). The third-order valence-corrected chi connectivity index (χ3v) is 3.00. The number of benzene rings is 1. The first-order chi connectivity index (χ1) is 10.2. The van der Waals surface area contributed by atoms with Gasteiger partial charge in [-0.3, -0.25) is 0 Å². The van der Waals surface area contributed by atoms with Crippen molar-refractivity contribution < 1.29 is 0 Å². The second-order valence-electron chi connectivity index (χ2n) is 6.66. The number of nitrogens with zero attached hydrogens (tertiary/aromatic N) is 3. The fourth-order valence-corrected chi connectivity index (χ4v) is 2.01. The summed E-state index contributed by atoms with van der Waals surface area (Å²) in [5.74, 6) is 1.43. The van der Waals surface area contributed by atoms with Gasteiger partial charge < -0.3 is 15.5 Å². The normalized spacial score (nSPS) is 11.2. The van der Waals surface area contributed by atoms with Crippen molar-refractivity contribution in [2.24, 2.45) is 0 Å². The van der Waals surface area contributed by atoms with Crippen LogP contribution in [0.2, 0.25) is 0 Å². The van der Waals surface area contributed by atoms with Gasteiger partial charge in [0.25, 0.3) is 0 Å². The molecule has 0 spiro atoms. The minimum atomic E-state index is -0.0710. The standard InChI is InChI=1S/C17H25N5/c1-12-11-15(20-16(18-12)21-17(2,3)4)19-13-7-9-14(10-8-13)22(5)6/h7-11H,1-6H3,(H2,18,19,20,21). The Morgan fingerprint density at radius 2 is 1.64 bits per heavy atom. The van der Waals surface area contributed by atoms with E-state index in [2.05, 4.69) is 58.4 Å². The number of nitrogens with one attached hydrogen (secondary N) is 2. The highest BCUT2D eigenvalue weighted by atomic mass is 15.2. The Morgan fingerprint density at radius 1 is 1.00 bits per heavy atom. The maximum Gasteiger partial charge on any atom is 0.225 e. The van der Waals surface area contributed by atoms with Crippen LogP contribution in [0.15, 0.2) is 30.3 Å². The Kier molecular flexibility index (Phi) is 4.54. The number of anilines is 4. The van der Waals surface area contributed by atoms with Crippen molar-refractivity contribution in [3.05, 3.63) is 36.0 Å². The van der Waals surface area contributed by atoms with E-state index in [0.717, 1.165) is 17.2 Å². The van der Waals surface area contributed by atoms with Crippen LogP contribution in [0.4, 0.5) is 23.1 Å². The summed E-state index contributed by atoms with van der Waals surface area (Å²) in [6, 6.07) is 10.2. The average molecular weight is 299 g/mol. The molecule has 1 heterocycles. The van der Waals surface area contributed by atoms with Gasteiger partial charge in [-0.1, -0.05) is 0 Å². The first kappa shape index (κ1) is 16.1. The number of hydrogen-bond donors (Lipinski definition) is 2. The second-order valence-corrected chi connectivity index (χ2v) is 6.66. The van der Waals surface area contributed by atoms with Gasteiger partial charge in [0.1, 0.15) is 5.82 Å². The topological polar surface area (TPSA) is 53.1 Å². The van der Waals surface area contributed by atoms with E-state index in [4.69, 9.17) is 0 Å². The molecule has 2 aromatic rings. The molecule has 5 nitrogen and oxygen atoms in total. The Balaban J connectivity index is 2.18. The minimum Gasteiger partial charge on any atom is -0.378 e. The molecule has 0 aliphatic heterocycles. The average Bonchev–Trinajstić information content (AvgIpc) is 2.36. The second kappa shape index (κ2) is 6.22. The van der Waals surface area contributed by atoms with Crippen molar-refractivity contribution in [3.8, 4) is 0 Å². The quantitative estimate of drug-likeness (QED) is 0.899. The highest BCUT2D eigenvalue weighted by molar-refractivity contribution is 5.61. The summed E-state index contributed by atoms with van der Waals surface area (Å²) in [6.45, 7) is 8.24. The van der Waals surface area contributed by atoms with Gasteiger partial charge in [-0.05, 0) is 52.0 Å². The van der Waals surface area contributed by atoms with Crippen LogP contribution < -0.4 is 15.5 Å². The zero-order chi connectivity index (χ0) is 16.3. The van der Waals surface area contributed by atoms with Crippen LogP contribution in [0, 0.1) is 6.92 Å². The van der Waals surface area contributed by atoms with Crippen LogP contribution >= 0.6 is 0 Å². The maximum atomic E-state index is 4.53. The van der Waals surface area contributed by atoms with E-state index < -0.39 is 0 Å². The Hall–Kier alpha value is -2.30. The molecule has 0 atom stereocenters. The molecule has 0 amide bonds. The molecule has 0 aliphatic rings. The monoisotopic (exact) mass is 299 g/mol. The van der Waals surface area contributed by atoms with Crippen molar-refractivity contribution >= 4 is 23.1 Å². The van der Waals surface area contributed by atoms with Gasteiger partial charge in [0.15, 0.2) is 0 Å². The van der Waals surface area contributed by atoms with Gasteiger partial charge in [-0.15, -0.1) is 0 Å². The fourth-order valence-electron chi connectivity index (χ4n) is 2.01. The SMILES string of the molecule is Cc1cc(Nc2ccc(N(C)C)cc2)nc(NC(C)(C)C)n1. The van der Waals surface area contributed by atoms with Crippen LogP contribution in [0.25, 0.3) is 0 Å². The molecule has 2 N–H and O–H groups in total. The zero-order valence-electron chi connectivity index (χ0n) is 14.2. The smallest absolute Gasteiger partial charge is 0.225 e. The minimum absolute atomic E-state index is 0.0710. The molecule has 118 valence electrons. The predicted octanol–water partition coefficient (Wildman–Crippen LogP) is 3.81. The molecule has 5 heteroatoms. The molecule has 1 aromatic carbocycles. The third-order valence-electron chi connectivity index (χ3n) is 3.00. The molecule has 0 radical (unpaired) electrons. The molecule has 1 aromatic heterocycles. The van der Waals surface area contributed by atoms with Gasteiger partial charge in [0.2, 0.25) is 5.95 Å². The van der Waals surface area contributed by atoms with E-state index in [1.165, 1.54) is 5.69 Å². The zero-order valence-corrected chi connectivity index (χ0v) is 14.2. The number of aromatic nitrogens is 2. The summed E-state index contributed by atoms with van der Waals surface area (Å²) in [5, 5.41) is 6.63. The molecule has 0 unspecified atom stereocenters. The highest BCUT2D eigenvalue weighted by Gasteiger charge is 2.12. The maximum absolute atomic E-state index is 4.53. The van der Waals surface area contributed by atoms with Crippen molar-refractivity contribution in [3.63, 3.8) is 0 Å². The van der Waals surface area contributed by atoms with E-state index >= 15 is 0 Å². The summed E-state index contributed by atoms with van der Waals surface area (Å²) in [7, 11) is 4.06. The number of hydrogen-bond acceptors (Lipinski definition) is 5. The Labute approximate surface area is 132 Å². The van der Waals surface area contributed by atoms with E-state index in [0.29, 0.717) is 5.95 Å². The number of aryl methyl sites for hydroxylation is 1. The lowest BCUT2D eigenvalue weighted by atomic mass is 10.1. The van der Waals surface area contributed by atoms with Crippen molar-refractivity contribution in [2.75, 3.05) is 29.6 Å². The van der Waals surface area contributed by atoms with Crippen LogP contribution in [-0.4, -0.2) is 29.6 Å². The highest BCUT2D eigenvalue weighted by Crippen LogP contribution is 2.21. The number of rotatable bonds is 4. The largest absolute Gasteiger partial charge is 0.378 e. The molecule has 0 bridgehead atoms. The van der Waals surface area contributed by atoms with Gasteiger partial charge in [0.05, 0.1) is 0 Å². The van der Waals surface area contributed by atoms with Gasteiger partial charge in [-0.2, -0.15) is 4.98 Å². The molecule has 0 aliphatic carbocycles. The molecule has 0 fully saturated rings. The van der Waals surface area contributed by atoms with E-state index in [1.807, 2.05) is 39.2 Å². The van der Waals surface area contributed by atoms with Crippen LogP contribution in [-0.2, 0) is 0 Å². The van der Waals surface area contributed by atoms with Crippen molar-refractivity contribution in [2.45, 2.75) is 33.2 Å². The molecular formula is C17H25N5. The van der Waals surface area contributed by atoms with E-state index in [1.54, 1.807) is 0 Å². The molecular weight excluding hydrogens is 274 g/mol. The predicted molar refractivity (Wildman–Crippen MR) is 94.2 cm³/mol. The van der Waals surface area contributed by atoms with Gasteiger partial charge >= 0.3 is 0 Å². The Bertz CT molecular complexity index is 626. The van der Waals surface area contributed by atoms with Gasteiger partial charge in [0, 0.05) is 42.8 Å². The van der Waals surface area contributed by atoms with Crippen LogP contribution in [0.3, 0.4) is 0 Å². The first-order valence-corrected chi connectivity index (χ1v) is 7.41. The Morgan fingerprint density at radius 3 is 2.18 bits per heavy atom. The summed E-state index contributed by atoms with van der Waals surface area (Å²) < 4.78 is 0. The lowest BCUT2D eigenvalue weighted by Crippen LogP contribution is -2.27. The lowest BCUT2D eigenvalue weighted by Gasteiger charge is -2.21. The van der Waals surface area contributed by atoms with Crippen molar-refractivity contribution in [1.82, 2.24) is 9.97 Å². The van der Waals surface area contributed by atoms with E-state index in [-0.39, 0.29) is 5.54 Å². The molecule has 0 saturated heterocycles. The van der Waals surface area contributed by atoms with E-state index in [9.17, 15) is 0 Å². The summed E-state index contributed by atoms with van der Waals surface area (Å²) in [5.41, 5.74) is 3.03. The third kappa shape index (κ3) is 4.62. The van der Waals surface area contributed by atoms with Gasteiger partial charge in [-0.25, -0.2) is 4.98 Å². The summed E-state index contributed by atoms with van der Waals surface area (Å²) >= 11 is 0. The first-order valence-electron chi connectivity index (χ1n) is 7.41. The molecule has 0 saturated carbocycles. The molecule has 22 heavy (non-hydrogen) atoms. The van der Waals surface area contributed by atoms with Crippen molar-refractivity contribution in [1.29, 1.82) is 0 Å². The lowest BCUT2D eigenvalue weighted by molar-refractivity contribution is 0.625. The van der Waals surface area contributed by atoms with Crippen LogP contribution in [0.1, 0.15) is 26.5 Å². The summed E-state index contributed by atoms with van der Waals surface area (Å²) in [6.07, 6.45) is 0.